The van der Waals surface area contributed by atoms with Gasteiger partial charge in [-0.2, -0.15) is 0 Å². The maximum Gasteiger partial charge on any atom is 0.237 e. The highest BCUT2D eigenvalue weighted by atomic mass is 19.1. The molecule has 2 unspecified atom stereocenters. The summed E-state index contributed by atoms with van der Waals surface area (Å²) >= 11 is 0. The van der Waals surface area contributed by atoms with E-state index in [1.807, 2.05) is 18.7 Å². The van der Waals surface area contributed by atoms with Crippen molar-refractivity contribution >= 4 is 11.8 Å². The summed E-state index contributed by atoms with van der Waals surface area (Å²) in [5.74, 6) is 0.0159. The average molecular weight is 375 g/mol. The molecular weight excluding hydrogens is 345 g/mol. The molecule has 0 aromatic heterocycles. The lowest BCUT2D eigenvalue weighted by atomic mass is 9.82. The number of hydrogen-bond acceptors (Lipinski definition) is 3. The number of carbonyl (C=O) groups is 2. The number of likely N-dealkylation sites (tertiary alicyclic amines) is 1. The second kappa shape index (κ2) is 8.38. The Morgan fingerprint density at radius 2 is 2.11 bits per heavy atom. The number of nitrogens with one attached hydrogen (secondary N) is 2. The van der Waals surface area contributed by atoms with Crippen LogP contribution in [0.25, 0.3) is 0 Å². The molecule has 2 amide bonds. The lowest BCUT2D eigenvalue weighted by Gasteiger charge is -2.38. The van der Waals surface area contributed by atoms with E-state index in [0.29, 0.717) is 25.2 Å². The van der Waals surface area contributed by atoms with Gasteiger partial charge in [0, 0.05) is 19.6 Å². The first kappa shape index (κ1) is 19.8. The van der Waals surface area contributed by atoms with Gasteiger partial charge in [-0.1, -0.05) is 12.1 Å². The third-order valence-corrected chi connectivity index (χ3v) is 5.83. The molecule has 0 saturated carbocycles. The first-order chi connectivity index (χ1) is 12.9. The van der Waals surface area contributed by atoms with E-state index in [1.165, 1.54) is 12.1 Å². The Bertz CT molecular complexity index is 686. The highest BCUT2D eigenvalue weighted by Crippen LogP contribution is 2.28. The molecule has 6 heteroatoms. The monoisotopic (exact) mass is 375 g/mol. The van der Waals surface area contributed by atoms with Crippen LogP contribution in [0.2, 0.25) is 0 Å². The predicted octanol–water partition coefficient (Wildman–Crippen LogP) is 2.21. The Kier molecular flexibility index (Phi) is 6.15. The van der Waals surface area contributed by atoms with Crippen LogP contribution in [-0.4, -0.2) is 48.9 Å². The third kappa shape index (κ3) is 4.67. The van der Waals surface area contributed by atoms with Crippen LogP contribution < -0.4 is 10.6 Å². The van der Waals surface area contributed by atoms with Gasteiger partial charge in [-0.15, -0.1) is 0 Å². The standard InChI is InChI=1S/C21H30FN3O2/c1-21(2,16-7-3-8-17(22)12-16)20(27)25-11-5-6-15(14-25)13-24-19(26)18-9-4-10-23-18/h3,7-8,12,15,18,23H,4-6,9-11,13-14H2,1-2H3,(H,24,26). The first-order valence-corrected chi connectivity index (χ1v) is 9.94. The Morgan fingerprint density at radius 3 is 2.81 bits per heavy atom. The highest BCUT2D eigenvalue weighted by molar-refractivity contribution is 5.87. The SMILES string of the molecule is CC(C)(C(=O)N1CCCC(CNC(=O)C2CCCN2)C1)c1cccc(F)c1. The van der Waals surface area contributed by atoms with Gasteiger partial charge in [-0.25, -0.2) is 4.39 Å². The van der Waals surface area contributed by atoms with Crippen LogP contribution in [0.1, 0.15) is 45.1 Å². The van der Waals surface area contributed by atoms with Crippen molar-refractivity contribution in [1.82, 2.24) is 15.5 Å². The smallest absolute Gasteiger partial charge is 0.237 e. The number of nitrogens with zero attached hydrogens (tertiary/aromatic N) is 1. The lowest BCUT2D eigenvalue weighted by molar-refractivity contribution is -0.138. The van der Waals surface area contributed by atoms with E-state index in [4.69, 9.17) is 0 Å². The fourth-order valence-corrected chi connectivity index (χ4v) is 4.09. The molecule has 0 bridgehead atoms. The number of rotatable bonds is 5. The van der Waals surface area contributed by atoms with Crippen LogP contribution in [0.5, 0.6) is 0 Å². The van der Waals surface area contributed by atoms with Crippen LogP contribution >= 0.6 is 0 Å². The zero-order chi connectivity index (χ0) is 19.4. The van der Waals surface area contributed by atoms with Crippen molar-refractivity contribution in [2.45, 2.75) is 51.0 Å². The topological polar surface area (TPSA) is 61.4 Å². The van der Waals surface area contributed by atoms with Gasteiger partial charge in [0.05, 0.1) is 11.5 Å². The maximum absolute atomic E-state index is 13.6. The van der Waals surface area contributed by atoms with Crippen molar-refractivity contribution in [3.05, 3.63) is 35.6 Å². The molecule has 2 atom stereocenters. The second-order valence-electron chi connectivity index (χ2n) is 8.29. The molecule has 2 fully saturated rings. The maximum atomic E-state index is 13.6. The van der Waals surface area contributed by atoms with E-state index in [-0.39, 0.29) is 29.6 Å². The van der Waals surface area contributed by atoms with Gasteiger partial charge in [0.15, 0.2) is 0 Å². The number of hydrogen-bond donors (Lipinski definition) is 2. The van der Waals surface area contributed by atoms with Gasteiger partial charge in [-0.3, -0.25) is 9.59 Å². The number of carbonyl (C=O) groups excluding carboxylic acids is 2. The summed E-state index contributed by atoms with van der Waals surface area (Å²) in [6.07, 6.45) is 3.86. The number of benzene rings is 1. The lowest BCUT2D eigenvalue weighted by Crippen LogP contribution is -2.50. The third-order valence-electron chi connectivity index (χ3n) is 5.83. The van der Waals surface area contributed by atoms with E-state index >= 15 is 0 Å². The number of halogens is 1. The fourth-order valence-electron chi connectivity index (χ4n) is 4.09. The van der Waals surface area contributed by atoms with Gasteiger partial charge < -0.3 is 15.5 Å². The summed E-state index contributed by atoms with van der Waals surface area (Å²) < 4.78 is 13.6. The van der Waals surface area contributed by atoms with Gasteiger partial charge in [-0.05, 0) is 69.7 Å². The average Bonchev–Trinajstić information content (AvgIpc) is 3.20. The Hall–Kier alpha value is -1.95. The summed E-state index contributed by atoms with van der Waals surface area (Å²) in [6, 6.07) is 6.21. The molecule has 3 rings (SSSR count). The molecule has 0 spiro atoms. The molecule has 1 aromatic carbocycles. The summed E-state index contributed by atoms with van der Waals surface area (Å²) in [5, 5.41) is 6.25. The van der Waals surface area contributed by atoms with E-state index in [9.17, 15) is 14.0 Å². The summed E-state index contributed by atoms with van der Waals surface area (Å²) in [4.78, 5) is 27.2. The molecule has 2 heterocycles. The van der Waals surface area contributed by atoms with Gasteiger partial charge in [0.2, 0.25) is 11.8 Å². The quantitative estimate of drug-likeness (QED) is 0.830. The molecule has 148 valence electrons. The van der Waals surface area contributed by atoms with Crippen molar-refractivity contribution in [2.75, 3.05) is 26.2 Å². The van der Waals surface area contributed by atoms with Crippen LogP contribution in [0, 0.1) is 11.7 Å². The van der Waals surface area contributed by atoms with Crippen molar-refractivity contribution in [3.8, 4) is 0 Å². The van der Waals surface area contributed by atoms with Gasteiger partial charge >= 0.3 is 0 Å². The van der Waals surface area contributed by atoms with Crippen LogP contribution in [-0.2, 0) is 15.0 Å². The Morgan fingerprint density at radius 1 is 1.30 bits per heavy atom. The molecule has 27 heavy (non-hydrogen) atoms. The van der Waals surface area contributed by atoms with Crippen molar-refractivity contribution in [1.29, 1.82) is 0 Å². The minimum absolute atomic E-state index is 0.0154. The van der Waals surface area contributed by atoms with E-state index in [1.54, 1.807) is 12.1 Å². The molecule has 0 aliphatic carbocycles. The number of amides is 2. The van der Waals surface area contributed by atoms with E-state index in [2.05, 4.69) is 10.6 Å². The van der Waals surface area contributed by atoms with Crippen molar-refractivity contribution in [3.63, 3.8) is 0 Å². The van der Waals surface area contributed by atoms with E-state index in [0.717, 1.165) is 32.2 Å². The highest BCUT2D eigenvalue weighted by Gasteiger charge is 2.36. The van der Waals surface area contributed by atoms with Crippen LogP contribution in [0.15, 0.2) is 24.3 Å². The second-order valence-corrected chi connectivity index (χ2v) is 8.29. The van der Waals surface area contributed by atoms with Gasteiger partial charge in [0.25, 0.3) is 0 Å². The van der Waals surface area contributed by atoms with Crippen molar-refractivity contribution < 1.29 is 14.0 Å². The summed E-state index contributed by atoms with van der Waals surface area (Å²) in [6.45, 7) is 6.55. The minimum atomic E-state index is -0.777. The van der Waals surface area contributed by atoms with Crippen molar-refractivity contribution in [2.24, 2.45) is 5.92 Å². The van der Waals surface area contributed by atoms with Gasteiger partial charge in [0.1, 0.15) is 5.82 Å². The molecular formula is C21H30FN3O2. The Labute approximate surface area is 160 Å². The molecule has 1 aromatic rings. The minimum Gasteiger partial charge on any atom is -0.354 e. The predicted molar refractivity (Wildman–Crippen MR) is 103 cm³/mol. The first-order valence-electron chi connectivity index (χ1n) is 9.94. The zero-order valence-electron chi connectivity index (χ0n) is 16.3. The van der Waals surface area contributed by atoms with E-state index < -0.39 is 5.41 Å². The molecule has 2 aliphatic rings. The largest absolute Gasteiger partial charge is 0.354 e. The molecule has 0 radical (unpaired) electrons. The molecule has 2 N–H and O–H groups in total. The summed E-state index contributed by atoms with van der Waals surface area (Å²) in [7, 11) is 0. The summed E-state index contributed by atoms with van der Waals surface area (Å²) in [5.41, 5.74) is -0.0867. The fraction of sp³-hybridized carbons (Fsp3) is 0.619. The molecule has 2 aliphatic heterocycles. The zero-order valence-corrected chi connectivity index (χ0v) is 16.3. The molecule has 5 nitrogen and oxygen atoms in total. The number of piperidine rings is 1. The van der Waals surface area contributed by atoms with Crippen LogP contribution in [0.3, 0.4) is 0 Å². The molecule has 2 saturated heterocycles. The van der Waals surface area contributed by atoms with Crippen LogP contribution in [0.4, 0.5) is 4.39 Å². The Balaban J connectivity index is 1.58. The normalized spacial score (nSPS) is 23.3.